The Hall–Kier alpha value is -3.28. The molecule has 1 aliphatic rings. The third-order valence-electron chi connectivity index (χ3n) is 5.29. The number of imidazole rings is 1. The molecule has 1 aromatic heterocycles. The summed E-state index contributed by atoms with van der Waals surface area (Å²) < 4.78 is 7.33. The van der Waals surface area contributed by atoms with Gasteiger partial charge in [-0.15, -0.1) is 12.4 Å². The fourth-order valence-electron chi connectivity index (χ4n) is 3.77. The van der Waals surface area contributed by atoms with Crippen molar-refractivity contribution in [1.82, 2.24) is 9.55 Å². The number of halogens is 2. The molecule has 5 nitrogen and oxygen atoms in total. The van der Waals surface area contributed by atoms with E-state index in [1.54, 1.807) is 36.3 Å². The van der Waals surface area contributed by atoms with Crippen molar-refractivity contribution >= 4 is 35.6 Å². The number of rotatable bonds is 3. The SMILES string of the molecule is COc1ccc(-c2ncc3n2CN(C(=O)c2ccc(Cl)cc2)c2ccccc2-3)cc1.Cl. The Morgan fingerprint density at radius 3 is 2.42 bits per heavy atom. The van der Waals surface area contributed by atoms with E-state index in [4.69, 9.17) is 16.3 Å². The number of para-hydroxylation sites is 1. The van der Waals surface area contributed by atoms with E-state index in [-0.39, 0.29) is 18.3 Å². The minimum atomic E-state index is -0.0841. The average molecular weight is 452 g/mol. The summed E-state index contributed by atoms with van der Waals surface area (Å²) in [6.07, 6.45) is 1.86. The molecule has 0 spiro atoms. The lowest BCUT2D eigenvalue weighted by Crippen LogP contribution is -2.36. The van der Waals surface area contributed by atoms with Crippen molar-refractivity contribution in [1.29, 1.82) is 0 Å². The van der Waals surface area contributed by atoms with Crippen LogP contribution in [0.1, 0.15) is 10.4 Å². The van der Waals surface area contributed by atoms with Gasteiger partial charge in [-0.1, -0.05) is 29.8 Å². The lowest BCUT2D eigenvalue weighted by molar-refractivity contribution is 0.0979. The molecule has 156 valence electrons. The lowest BCUT2D eigenvalue weighted by Gasteiger charge is -2.31. The van der Waals surface area contributed by atoms with Gasteiger partial charge in [0.15, 0.2) is 0 Å². The zero-order chi connectivity index (χ0) is 20.7. The molecule has 0 atom stereocenters. The van der Waals surface area contributed by atoms with Crippen molar-refractivity contribution < 1.29 is 9.53 Å². The molecule has 0 saturated heterocycles. The molecule has 7 heteroatoms. The second-order valence-corrected chi connectivity index (χ2v) is 7.46. The predicted molar refractivity (Wildman–Crippen MR) is 125 cm³/mol. The maximum Gasteiger partial charge on any atom is 0.259 e. The molecule has 0 fully saturated rings. The number of nitrogens with zero attached hydrogens (tertiary/aromatic N) is 3. The summed E-state index contributed by atoms with van der Waals surface area (Å²) in [7, 11) is 1.64. The molecule has 0 saturated carbocycles. The van der Waals surface area contributed by atoms with Crippen LogP contribution in [0.15, 0.2) is 79.0 Å². The quantitative estimate of drug-likeness (QED) is 0.388. The molecule has 0 N–H and O–H groups in total. The zero-order valence-electron chi connectivity index (χ0n) is 16.7. The van der Waals surface area contributed by atoms with Crippen LogP contribution in [-0.2, 0) is 6.67 Å². The molecular formula is C24H19Cl2N3O2. The molecule has 1 aliphatic heterocycles. The standard InChI is InChI=1S/C24H18ClN3O2.ClH/c1-30-19-12-8-16(9-13-19)23-26-14-22-20-4-2-3-5-21(20)28(15-27(22)23)24(29)17-6-10-18(25)11-7-17;/h2-14H,15H2,1H3;1H. The van der Waals surface area contributed by atoms with Gasteiger partial charge >= 0.3 is 0 Å². The first-order valence-electron chi connectivity index (χ1n) is 9.52. The summed E-state index contributed by atoms with van der Waals surface area (Å²) in [5.41, 5.74) is 4.37. The Kier molecular flexibility index (Phi) is 5.72. The third kappa shape index (κ3) is 3.67. The topological polar surface area (TPSA) is 47.4 Å². The van der Waals surface area contributed by atoms with Crippen LogP contribution in [0.2, 0.25) is 5.02 Å². The van der Waals surface area contributed by atoms with Gasteiger partial charge in [0.2, 0.25) is 0 Å². The number of ether oxygens (including phenoxy) is 1. The fourth-order valence-corrected chi connectivity index (χ4v) is 3.90. The second kappa shape index (κ2) is 8.46. The number of methoxy groups -OCH3 is 1. The highest BCUT2D eigenvalue weighted by Gasteiger charge is 2.29. The number of fused-ring (bicyclic) bond motifs is 3. The van der Waals surface area contributed by atoms with Crippen LogP contribution in [0.4, 0.5) is 5.69 Å². The Balaban J connectivity index is 0.00000231. The first-order valence-corrected chi connectivity index (χ1v) is 9.90. The van der Waals surface area contributed by atoms with E-state index in [0.29, 0.717) is 17.3 Å². The van der Waals surface area contributed by atoms with Crippen molar-refractivity contribution in [2.75, 3.05) is 12.0 Å². The maximum absolute atomic E-state index is 13.4. The van der Waals surface area contributed by atoms with E-state index >= 15 is 0 Å². The smallest absolute Gasteiger partial charge is 0.259 e. The Morgan fingerprint density at radius 1 is 1.00 bits per heavy atom. The molecule has 2 heterocycles. The molecule has 0 bridgehead atoms. The van der Waals surface area contributed by atoms with Crippen molar-refractivity contribution in [3.63, 3.8) is 0 Å². The van der Waals surface area contributed by atoms with Gasteiger partial charge < -0.3 is 9.30 Å². The summed E-state index contributed by atoms with van der Waals surface area (Å²) in [6, 6.07) is 22.6. The van der Waals surface area contributed by atoms with Gasteiger partial charge in [-0.3, -0.25) is 9.69 Å². The highest BCUT2D eigenvalue weighted by Crippen LogP contribution is 2.39. The zero-order valence-corrected chi connectivity index (χ0v) is 18.2. The summed E-state index contributed by atoms with van der Waals surface area (Å²) >= 11 is 6.00. The van der Waals surface area contributed by atoms with E-state index < -0.39 is 0 Å². The fraction of sp³-hybridized carbons (Fsp3) is 0.0833. The Bertz CT molecular complexity index is 1230. The van der Waals surface area contributed by atoms with Crippen LogP contribution in [0.5, 0.6) is 5.75 Å². The summed E-state index contributed by atoms with van der Waals surface area (Å²) in [5.74, 6) is 1.50. The number of carbonyl (C=O) groups is 1. The number of carbonyl (C=O) groups excluding carboxylic acids is 1. The normalized spacial score (nSPS) is 11.9. The van der Waals surface area contributed by atoms with Crippen LogP contribution < -0.4 is 9.64 Å². The summed E-state index contributed by atoms with van der Waals surface area (Å²) in [6.45, 7) is 0.370. The summed E-state index contributed by atoms with van der Waals surface area (Å²) in [4.78, 5) is 19.8. The van der Waals surface area contributed by atoms with Crippen LogP contribution in [0, 0.1) is 0 Å². The minimum absolute atomic E-state index is 0. The van der Waals surface area contributed by atoms with Gasteiger partial charge in [-0.25, -0.2) is 4.98 Å². The van der Waals surface area contributed by atoms with E-state index in [1.165, 1.54) is 0 Å². The van der Waals surface area contributed by atoms with Crippen LogP contribution in [-0.4, -0.2) is 22.6 Å². The van der Waals surface area contributed by atoms with E-state index in [1.807, 2.05) is 54.7 Å². The van der Waals surface area contributed by atoms with Crippen molar-refractivity contribution in [2.45, 2.75) is 6.67 Å². The van der Waals surface area contributed by atoms with Gasteiger partial charge in [-0.2, -0.15) is 0 Å². The van der Waals surface area contributed by atoms with Gasteiger partial charge in [0, 0.05) is 21.7 Å². The number of amides is 1. The van der Waals surface area contributed by atoms with E-state index in [2.05, 4.69) is 9.55 Å². The van der Waals surface area contributed by atoms with Crippen molar-refractivity contribution in [2.24, 2.45) is 0 Å². The molecule has 0 radical (unpaired) electrons. The molecule has 3 aromatic carbocycles. The highest BCUT2D eigenvalue weighted by atomic mass is 35.5. The number of benzene rings is 3. The average Bonchev–Trinajstić information content (AvgIpc) is 3.23. The number of aromatic nitrogens is 2. The first kappa shape index (κ1) is 21.0. The number of anilines is 1. The van der Waals surface area contributed by atoms with Gasteiger partial charge in [0.05, 0.1) is 24.7 Å². The van der Waals surface area contributed by atoms with Crippen LogP contribution >= 0.6 is 24.0 Å². The maximum atomic E-state index is 13.4. The Morgan fingerprint density at radius 2 is 1.71 bits per heavy atom. The molecule has 4 aromatic rings. The minimum Gasteiger partial charge on any atom is -0.497 e. The largest absolute Gasteiger partial charge is 0.497 e. The molecule has 0 unspecified atom stereocenters. The number of hydrogen-bond donors (Lipinski definition) is 0. The molecule has 5 rings (SSSR count). The summed E-state index contributed by atoms with van der Waals surface area (Å²) in [5, 5.41) is 0.601. The van der Waals surface area contributed by atoms with E-state index in [0.717, 1.165) is 34.1 Å². The van der Waals surface area contributed by atoms with Crippen molar-refractivity contribution in [3.05, 3.63) is 89.6 Å². The monoisotopic (exact) mass is 451 g/mol. The molecular weight excluding hydrogens is 433 g/mol. The van der Waals surface area contributed by atoms with Gasteiger partial charge in [0.1, 0.15) is 18.2 Å². The van der Waals surface area contributed by atoms with Crippen LogP contribution in [0.3, 0.4) is 0 Å². The van der Waals surface area contributed by atoms with Crippen molar-refractivity contribution in [3.8, 4) is 28.4 Å². The molecule has 31 heavy (non-hydrogen) atoms. The third-order valence-corrected chi connectivity index (χ3v) is 5.55. The number of hydrogen-bond acceptors (Lipinski definition) is 3. The van der Waals surface area contributed by atoms with Gasteiger partial charge in [-0.05, 0) is 54.6 Å². The molecule has 1 amide bonds. The molecule has 0 aliphatic carbocycles. The van der Waals surface area contributed by atoms with Crippen LogP contribution in [0.25, 0.3) is 22.6 Å². The van der Waals surface area contributed by atoms with E-state index in [9.17, 15) is 4.79 Å². The second-order valence-electron chi connectivity index (χ2n) is 7.02. The van der Waals surface area contributed by atoms with Gasteiger partial charge in [0.25, 0.3) is 5.91 Å². The Labute approximate surface area is 191 Å². The predicted octanol–water partition coefficient (Wildman–Crippen LogP) is 5.92. The first-order chi connectivity index (χ1) is 14.7. The highest BCUT2D eigenvalue weighted by molar-refractivity contribution is 6.30. The lowest BCUT2D eigenvalue weighted by atomic mass is 10.1.